The molecule has 1 amide bonds. The summed E-state index contributed by atoms with van der Waals surface area (Å²) < 4.78 is 1.64. The molecule has 0 fully saturated rings. The molecule has 0 spiro atoms. The van der Waals surface area contributed by atoms with Crippen molar-refractivity contribution in [2.45, 2.75) is 11.6 Å². The highest BCUT2D eigenvalue weighted by Gasteiger charge is 2.22. The number of primary amides is 1. The third-order valence-corrected chi connectivity index (χ3v) is 3.61. The zero-order chi connectivity index (χ0) is 14.5. The number of hydrogen-bond donors (Lipinski definition) is 1. The lowest BCUT2D eigenvalue weighted by Gasteiger charge is -2.05. The van der Waals surface area contributed by atoms with Gasteiger partial charge in [-0.2, -0.15) is 0 Å². The second-order valence-corrected chi connectivity index (χ2v) is 4.96. The van der Waals surface area contributed by atoms with Gasteiger partial charge in [0.15, 0.2) is 5.03 Å². The van der Waals surface area contributed by atoms with Crippen LogP contribution in [0.4, 0.5) is 5.82 Å². The van der Waals surface area contributed by atoms with Gasteiger partial charge in [0.1, 0.15) is 0 Å². The number of nitro groups is 1. The van der Waals surface area contributed by atoms with Gasteiger partial charge in [-0.3, -0.25) is 9.36 Å². The van der Waals surface area contributed by atoms with E-state index in [0.717, 1.165) is 17.3 Å². The first-order valence-electron chi connectivity index (χ1n) is 5.72. The number of imidazole rings is 1. The molecule has 0 aliphatic heterocycles. The third kappa shape index (κ3) is 3.35. The van der Waals surface area contributed by atoms with E-state index in [2.05, 4.69) is 4.98 Å². The van der Waals surface area contributed by atoms with Crippen molar-refractivity contribution in [3.05, 3.63) is 52.3 Å². The molecule has 0 unspecified atom stereocenters. The van der Waals surface area contributed by atoms with Gasteiger partial charge in [0.05, 0.1) is 12.3 Å². The average Bonchev–Trinajstić information content (AvgIpc) is 2.80. The molecule has 104 valence electrons. The SMILES string of the molecule is NC(=O)CSc1c([N+](=O)[O-])ncn1Cc1ccccc1. The Kier molecular flexibility index (Phi) is 4.36. The summed E-state index contributed by atoms with van der Waals surface area (Å²) in [5.74, 6) is -0.814. The summed E-state index contributed by atoms with van der Waals surface area (Å²) in [6.07, 6.45) is 1.40. The van der Waals surface area contributed by atoms with Crippen LogP contribution in [-0.2, 0) is 11.3 Å². The Morgan fingerprint density at radius 3 is 2.70 bits per heavy atom. The second kappa shape index (κ2) is 6.20. The van der Waals surface area contributed by atoms with Crippen LogP contribution in [0, 0.1) is 10.1 Å². The van der Waals surface area contributed by atoms with Crippen molar-refractivity contribution in [2.24, 2.45) is 5.73 Å². The van der Waals surface area contributed by atoms with Crippen LogP contribution in [0.5, 0.6) is 0 Å². The largest absolute Gasteiger partial charge is 0.395 e. The quantitative estimate of drug-likeness (QED) is 0.492. The predicted octanol–water partition coefficient (Wildman–Crippen LogP) is 1.42. The number of aromatic nitrogens is 2. The molecule has 1 aromatic heterocycles. The van der Waals surface area contributed by atoms with Gasteiger partial charge in [-0.1, -0.05) is 42.1 Å². The van der Waals surface area contributed by atoms with Crippen molar-refractivity contribution in [1.82, 2.24) is 9.55 Å². The minimum Gasteiger partial charge on any atom is -0.369 e. The first-order chi connectivity index (χ1) is 9.58. The van der Waals surface area contributed by atoms with E-state index in [1.807, 2.05) is 30.3 Å². The maximum atomic E-state index is 10.9. The highest BCUT2D eigenvalue weighted by Crippen LogP contribution is 2.28. The van der Waals surface area contributed by atoms with E-state index in [9.17, 15) is 14.9 Å². The molecule has 20 heavy (non-hydrogen) atoms. The molecule has 0 bridgehead atoms. The number of hydrogen-bond acceptors (Lipinski definition) is 5. The molecule has 1 heterocycles. The molecular formula is C12H12N4O3S. The fourth-order valence-electron chi connectivity index (χ4n) is 1.67. The van der Waals surface area contributed by atoms with E-state index in [-0.39, 0.29) is 11.6 Å². The van der Waals surface area contributed by atoms with E-state index in [0.29, 0.717) is 11.6 Å². The van der Waals surface area contributed by atoms with Gasteiger partial charge in [-0.05, 0) is 15.5 Å². The highest BCUT2D eigenvalue weighted by atomic mass is 32.2. The van der Waals surface area contributed by atoms with Crippen LogP contribution in [0.15, 0.2) is 41.7 Å². The number of thioether (sulfide) groups is 1. The Balaban J connectivity index is 2.27. The Labute approximate surface area is 118 Å². The summed E-state index contributed by atoms with van der Waals surface area (Å²) in [6, 6.07) is 9.49. The molecule has 2 rings (SSSR count). The first kappa shape index (κ1) is 14.1. The smallest absolute Gasteiger partial charge is 0.369 e. The van der Waals surface area contributed by atoms with Gasteiger partial charge in [-0.15, -0.1) is 0 Å². The zero-order valence-electron chi connectivity index (χ0n) is 10.4. The lowest BCUT2D eigenvalue weighted by molar-refractivity contribution is -0.392. The molecule has 2 aromatic rings. The molecule has 0 aliphatic rings. The van der Waals surface area contributed by atoms with Crippen LogP contribution in [0.1, 0.15) is 5.56 Å². The van der Waals surface area contributed by atoms with Gasteiger partial charge < -0.3 is 15.8 Å². The minimum atomic E-state index is -0.565. The minimum absolute atomic E-state index is 0.0265. The summed E-state index contributed by atoms with van der Waals surface area (Å²) in [7, 11) is 0. The number of amides is 1. The number of rotatable bonds is 6. The fraction of sp³-hybridized carbons (Fsp3) is 0.167. The summed E-state index contributed by atoms with van der Waals surface area (Å²) in [5, 5.41) is 11.3. The van der Waals surface area contributed by atoms with Crippen LogP contribution in [-0.4, -0.2) is 26.1 Å². The predicted molar refractivity (Wildman–Crippen MR) is 74.3 cm³/mol. The summed E-state index contributed by atoms with van der Waals surface area (Å²) in [5.41, 5.74) is 6.07. The molecule has 0 saturated heterocycles. The molecule has 2 N–H and O–H groups in total. The molecule has 0 atom stereocenters. The van der Waals surface area contributed by atoms with E-state index in [1.54, 1.807) is 4.57 Å². The van der Waals surface area contributed by atoms with Gasteiger partial charge >= 0.3 is 5.82 Å². The average molecular weight is 292 g/mol. The molecule has 8 heteroatoms. The van der Waals surface area contributed by atoms with Crippen LogP contribution < -0.4 is 5.73 Å². The molecule has 0 saturated carbocycles. The Morgan fingerprint density at radius 1 is 1.40 bits per heavy atom. The second-order valence-electron chi connectivity index (χ2n) is 4.00. The monoisotopic (exact) mass is 292 g/mol. The number of carbonyl (C=O) groups excluding carboxylic acids is 1. The lowest BCUT2D eigenvalue weighted by Crippen LogP contribution is -2.14. The van der Waals surface area contributed by atoms with Crippen molar-refractivity contribution in [3.8, 4) is 0 Å². The topological polar surface area (TPSA) is 104 Å². The van der Waals surface area contributed by atoms with Crippen molar-refractivity contribution >= 4 is 23.5 Å². The zero-order valence-corrected chi connectivity index (χ0v) is 11.2. The van der Waals surface area contributed by atoms with Gasteiger partial charge in [0, 0.05) is 0 Å². The molecule has 1 aromatic carbocycles. The Bertz CT molecular complexity index is 627. The van der Waals surface area contributed by atoms with Crippen LogP contribution in [0.2, 0.25) is 0 Å². The fourth-order valence-corrected chi connectivity index (χ4v) is 2.48. The number of benzene rings is 1. The number of nitrogens with two attached hydrogens (primary N) is 1. The first-order valence-corrected chi connectivity index (χ1v) is 6.71. The van der Waals surface area contributed by atoms with Crippen molar-refractivity contribution in [3.63, 3.8) is 0 Å². The Hall–Kier alpha value is -2.35. The maximum Gasteiger partial charge on any atom is 0.395 e. The summed E-state index contributed by atoms with van der Waals surface area (Å²) in [6.45, 7) is 0.447. The van der Waals surface area contributed by atoms with Gasteiger partial charge in [0.25, 0.3) is 0 Å². The third-order valence-electron chi connectivity index (χ3n) is 2.49. The van der Waals surface area contributed by atoms with Crippen molar-refractivity contribution in [2.75, 3.05) is 5.75 Å². The van der Waals surface area contributed by atoms with Crippen molar-refractivity contribution < 1.29 is 9.72 Å². The van der Waals surface area contributed by atoms with Gasteiger partial charge in [-0.25, -0.2) is 0 Å². The number of carbonyl (C=O) groups is 1. The van der Waals surface area contributed by atoms with E-state index < -0.39 is 10.8 Å². The standard InChI is InChI=1S/C12H12N4O3S/c13-10(17)7-20-12-11(16(18)19)14-8-15(12)6-9-4-2-1-3-5-9/h1-5,8H,6-7H2,(H2,13,17). The van der Waals surface area contributed by atoms with E-state index in [1.165, 1.54) is 6.33 Å². The Morgan fingerprint density at radius 2 is 2.10 bits per heavy atom. The van der Waals surface area contributed by atoms with Crippen molar-refractivity contribution in [1.29, 1.82) is 0 Å². The van der Waals surface area contributed by atoms with Crippen LogP contribution in [0.25, 0.3) is 0 Å². The van der Waals surface area contributed by atoms with Gasteiger partial charge in [0.2, 0.25) is 12.2 Å². The lowest BCUT2D eigenvalue weighted by atomic mass is 10.2. The molecule has 0 radical (unpaired) electrons. The normalized spacial score (nSPS) is 10.4. The van der Waals surface area contributed by atoms with Crippen LogP contribution >= 0.6 is 11.8 Å². The molecular weight excluding hydrogens is 280 g/mol. The summed E-state index contributed by atoms with van der Waals surface area (Å²) in [4.78, 5) is 25.0. The van der Waals surface area contributed by atoms with E-state index in [4.69, 9.17) is 5.73 Å². The highest BCUT2D eigenvalue weighted by molar-refractivity contribution is 8.00. The number of nitrogens with zero attached hydrogens (tertiary/aromatic N) is 3. The molecule has 0 aliphatic carbocycles. The maximum absolute atomic E-state index is 10.9. The van der Waals surface area contributed by atoms with E-state index >= 15 is 0 Å². The van der Waals surface area contributed by atoms with Crippen LogP contribution in [0.3, 0.4) is 0 Å². The summed E-state index contributed by atoms with van der Waals surface area (Å²) >= 11 is 1.02. The molecule has 7 nitrogen and oxygen atoms in total.